The minimum absolute atomic E-state index is 0.597. The van der Waals surface area contributed by atoms with Crippen molar-refractivity contribution in [3.8, 4) is 0 Å². The maximum atomic E-state index is 10.4. The Hall–Kier alpha value is -1.60. The van der Waals surface area contributed by atoms with E-state index in [4.69, 9.17) is 11.6 Å². The van der Waals surface area contributed by atoms with Gasteiger partial charge in [-0.25, -0.2) is 0 Å². The number of carbonyl (C=O) groups excluding carboxylic acids is 1. The molecule has 0 heterocycles. The summed E-state index contributed by atoms with van der Waals surface area (Å²) in [5.74, 6) is 0. The van der Waals surface area contributed by atoms with Gasteiger partial charge in [-0.15, -0.1) is 0 Å². The van der Waals surface area contributed by atoms with Crippen LogP contribution in [0.1, 0.15) is 16.7 Å². The maximum absolute atomic E-state index is 10.4. The van der Waals surface area contributed by atoms with Crippen LogP contribution in [0, 0.1) is 0 Å². The topological polar surface area (TPSA) is 17.1 Å². The second-order valence-corrected chi connectivity index (χ2v) is 4.36. The standard InChI is InChI=1S/C15H12ClO/c16-15-9-7-13(8-10-15)2-1-12-3-5-14(11-17)6-4-12/h3-10H,1-2H2. The number of rotatable bonds is 4. The van der Waals surface area contributed by atoms with Gasteiger partial charge in [-0.2, -0.15) is 0 Å². The van der Waals surface area contributed by atoms with Crippen LogP contribution in [0.15, 0.2) is 48.5 Å². The summed E-state index contributed by atoms with van der Waals surface area (Å²) in [6, 6.07) is 15.4. The van der Waals surface area contributed by atoms with Crippen molar-refractivity contribution in [1.82, 2.24) is 0 Å². The zero-order chi connectivity index (χ0) is 12.1. The lowest BCUT2D eigenvalue weighted by Crippen LogP contribution is -1.91. The third kappa shape index (κ3) is 3.43. The van der Waals surface area contributed by atoms with Crippen molar-refractivity contribution in [3.05, 3.63) is 70.2 Å². The van der Waals surface area contributed by atoms with Crippen molar-refractivity contribution in [2.75, 3.05) is 0 Å². The molecule has 1 nitrogen and oxygen atoms in total. The maximum Gasteiger partial charge on any atom is 0.233 e. The van der Waals surface area contributed by atoms with Crippen molar-refractivity contribution >= 4 is 17.9 Å². The van der Waals surface area contributed by atoms with E-state index in [9.17, 15) is 4.79 Å². The number of benzene rings is 2. The van der Waals surface area contributed by atoms with Gasteiger partial charge in [0.1, 0.15) is 0 Å². The Morgan fingerprint density at radius 2 is 1.29 bits per heavy atom. The second-order valence-electron chi connectivity index (χ2n) is 3.93. The molecule has 85 valence electrons. The van der Waals surface area contributed by atoms with Gasteiger partial charge in [0.05, 0.1) is 0 Å². The van der Waals surface area contributed by atoms with Crippen molar-refractivity contribution in [3.63, 3.8) is 0 Å². The first-order chi connectivity index (χ1) is 8.28. The molecule has 1 radical (unpaired) electrons. The molecule has 0 saturated heterocycles. The lowest BCUT2D eigenvalue weighted by atomic mass is 10.0. The predicted molar refractivity (Wildman–Crippen MR) is 70.1 cm³/mol. The van der Waals surface area contributed by atoms with Crippen LogP contribution in [-0.4, -0.2) is 6.29 Å². The first-order valence-electron chi connectivity index (χ1n) is 5.49. The SMILES string of the molecule is O=[C]c1ccc(CCc2ccc(Cl)cc2)cc1. The largest absolute Gasteiger partial charge is 0.285 e. The summed E-state index contributed by atoms with van der Waals surface area (Å²) in [6.45, 7) is 0. The van der Waals surface area contributed by atoms with Gasteiger partial charge in [0, 0.05) is 10.6 Å². The molecule has 0 unspecified atom stereocenters. The van der Waals surface area contributed by atoms with E-state index in [2.05, 4.69) is 0 Å². The average Bonchev–Trinajstić information content (AvgIpc) is 2.39. The summed E-state index contributed by atoms with van der Waals surface area (Å²) in [5, 5.41) is 0.764. The highest BCUT2D eigenvalue weighted by atomic mass is 35.5. The molecular weight excluding hydrogens is 232 g/mol. The van der Waals surface area contributed by atoms with E-state index in [1.54, 1.807) is 12.1 Å². The van der Waals surface area contributed by atoms with Crippen molar-refractivity contribution < 1.29 is 4.79 Å². The van der Waals surface area contributed by atoms with Gasteiger partial charge in [0.15, 0.2) is 0 Å². The molecule has 0 aromatic heterocycles. The zero-order valence-corrected chi connectivity index (χ0v) is 10.1. The average molecular weight is 244 g/mol. The zero-order valence-electron chi connectivity index (χ0n) is 9.32. The van der Waals surface area contributed by atoms with E-state index in [1.807, 2.05) is 42.7 Å². The fourth-order valence-corrected chi connectivity index (χ4v) is 1.81. The number of hydrogen-bond acceptors (Lipinski definition) is 1. The summed E-state index contributed by atoms with van der Waals surface area (Å²) in [4.78, 5) is 10.4. The van der Waals surface area contributed by atoms with E-state index in [-0.39, 0.29) is 0 Å². The molecule has 2 heteroatoms. The first-order valence-corrected chi connectivity index (χ1v) is 5.87. The second kappa shape index (κ2) is 5.65. The molecule has 17 heavy (non-hydrogen) atoms. The van der Waals surface area contributed by atoms with Gasteiger partial charge >= 0.3 is 0 Å². The van der Waals surface area contributed by atoms with Crippen LogP contribution in [0.25, 0.3) is 0 Å². The van der Waals surface area contributed by atoms with Gasteiger partial charge in [-0.05, 0) is 36.1 Å². The van der Waals surface area contributed by atoms with E-state index in [0.717, 1.165) is 17.9 Å². The Balaban J connectivity index is 1.97. The Kier molecular flexibility index (Phi) is 3.94. The van der Waals surface area contributed by atoms with Crippen LogP contribution < -0.4 is 0 Å². The van der Waals surface area contributed by atoms with Crippen LogP contribution in [0.2, 0.25) is 5.02 Å². The minimum Gasteiger partial charge on any atom is -0.285 e. The van der Waals surface area contributed by atoms with E-state index >= 15 is 0 Å². The van der Waals surface area contributed by atoms with Crippen LogP contribution >= 0.6 is 11.6 Å². The van der Waals surface area contributed by atoms with E-state index in [1.165, 1.54) is 11.1 Å². The van der Waals surface area contributed by atoms with Crippen LogP contribution in [-0.2, 0) is 17.6 Å². The smallest absolute Gasteiger partial charge is 0.233 e. The summed E-state index contributed by atoms with van der Waals surface area (Å²) >= 11 is 5.83. The van der Waals surface area contributed by atoms with Crippen molar-refractivity contribution in [2.45, 2.75) is 12.8 Å². The van der Waals surface area contributed by atoms with Crippen molar-refractivity contribution in [2.24, 2.45) is 0 Å². The normalized spacial score (nSPS) is 10.2. The minimum atomic E-state index is 0.597. The Labute approximate surface area is 106 Å². The van der Waals surface area contributed by atoms with Gasteiger partial charge in [0.25, 0.3) is 0 Å². The van der Waals surface area contributed by atoms with Crippen molar-refractivity contribution in [1.29, 1.82) is 0 Å². The van der Waals surface area contributed by atoms with Gasteiger partial charge in [-0.1, -0.05) is 48.0 Å². The Morgan fingerprint density at radius 3 is 1.76 bits per heavy atom. The number of hydrogen-bond donors (Lipinski definition) is 0. The van der Waals surface area contributed by atoms with Gasteiger partial charge in [-0.3, -0.25) is 4.79 Å². The quantitative estimate of drug-likeness (QED) is 0.802. The molecular formula is C15H12ClO. The summed E-state index contributed by atoms with van der Waals surface area (Å²) in [6.07, 6.45) is 3.80. The fourth-order valence-electron chi connectivity index (χ4n) is 1.68. The molecule has 2 aromatic carbocycles. The van der Waals surface area contributed by atoms with Gasteiger partial charge in [0.2, 0.25) is 6.29 Å². The Bertz CT molecular complexity index is 485. The summed E-state index contributed by atoms with van der Waals surface area (Å²) < 4.78 is 0. The molecule has 0 spiro atoms. The monoisotopic (exact) mass is 243 g/mol. The van der Waals surface area contributed by atoms with Crippen LogP contribution in [0.5, 0.6) is 0 Å². The highest BCUT2D eigenvalue weighted by Gasteiger charge is 1.97. The van der Waals surface area contributed by atoms with E-state index in [0.29, 0.717) is 5.56 Å². The lowest BCUT2D eigenvalue weighted by molar-refractivity contribution is 0.563. The predicted octanol–water partition coefficient (Wildman–Crippen LogP) is 3.58. The molecule has 2 rings (SSSR count). The highest BCUT2D eigenvalue weighted by Crippen LogP contribution is 2.12. The third-order valence-corrected chi connectivity index (χ3v) is 2.94. The highest BCUT2D eigenvalue weighted by molar-refractivity contribution is 6.30. The lowest BCUT2D eigenvalue weighted by Gasteiger charge is -2.02. The molecule has 0 aliphatic heterocycles. The van der Waals surface area contributed by atoms with Crippen LogP contribution in [0.3, 0.4) is 0 Å². The summed E-state index contributed by atoms with van der Waals surface area (Å²) in [7, 11) is 0. The van der Waals surface area contributed by atoms with E-state index < -0.39 is 0 Å². The molecule has 0 aliphatic carbocycles. The molecule has 0 N–H and O–H groups in total. The number of halogens is 1. The number of aryl methyl sites for hydroxylation is 2. The summed E-state index contributed by atoms with van der Waals surface area (Å²) in [5.41, 5.74) is 3.08. The molecule has 0 amide bonds. The molecule has 2 aromatic rings. The molecule has 0 atom stereocenters. The third-order valence-electron chi connectivity index (χ3n) is 2.69. The van der Waals surface area contributed by atoms with Crippen LogP contribution in [0.4, 0.5) is 0 Å². The van der Waals surface area contributed by atoms with Gasteiger partial charge < -0.3 is 0 Å². The molecule has 0 saturated carbocycles. The Morgan fingerprint density at radius 1 is 0.824 bits per heavy atom. The molecule has 0 aliphatic rings. The molecule has 0 bridgehead atoms. The fraction of sp³-hybridized carbons (Fsp3) is 0.133. The molecule has 0 fully saturated rings. The first kappa shape index (κ1) is 11.9.